The zero-order valence-corrected chi connectivity index (χ0v) is 15.7. The van der Waals surface area contributed by atoms with E-state index in [0.717, 1.165) is 16.7 Å². The molecule has 1 aliphatic rings. The van der Waals surface area contributed by atoms with E-state index in [1.54, 1.807) is 18.2 Å². The minimum absolute atomic E-state index is 0.116. The lowest BCUT2D eigenvalue weighted by atomic mass is 9.87. The summed E-state index contributed by atoms with van der Waals surface area (Å²) in [6, 6.07) is 11.0. The fourth-order valence-corrected chi connectivity index (χ4v) is 3.95. The number of sulfonamides is 1. The van der Waals surface area contributed by atoms with E-state index in [4.69, 9.17) is 9.47 Å². The first-order valence-corrected chi connectivity index (χ1v) is 9.64. The summed E-state index contributed by atoms with van der Waals surface area (Å²) < 4.78 is 38.8. The third-order valence-electron chi connectivity index (χ3n) is 4.25. The second-order valence-corrected chi connectivity index (χ2v) is 8.98. The van der Waals surface area contributed by atoms with Gasteiger partial charge < -0.3 is 9.47 Å². The van der Waals surface area contributed by atoms with Gasteiger partial charge in [0.2, 0.25) is 16.8 Å². The maximum absolute atomic E-state index is 12.8. The van der Waals surface area contributed by atoms with E-state index < -0.39 is 10.0 Å². The molecule has 0 unspecified atom stereocenters. The van der Waals surface area contributed by atoms with Crippen molar-refractivity contribution in [3.8, 4) is 11.5 Å². The topological polar surface area (TPSA) is 64.6 Å². The SMILES string of the molecule is Cc1ccc(C(C)(C)C)cc1S(=O)(=O)NCc1ccc2c(c1)OCO2. The van der Waals surface area contributed by atoms with Crippen LogP contribution in [-0.2, 0) is 22.0 Å². The van der Waals surface area contributed by atoms with Crippen LogP contribution in [0.3, 0.4) is 0 Å². The summed E-state index contributed by atoms with van der Waals surface area (Å²) >= 11 is 0. The Bertz CT molecular complexity index is 898. The van der Waals surface area contributed by atoms with Crippen LogP contribution in [0, 0.1) is 6.92 Å². The molecule has 2 aromatic rings. The van der Waals surface area contributed by atoms with Gasteiger partial charge in [0, 0.05) is 6.54 Å². The van der Waals surface area contributed by atoms with Crippen LogP contribution in [0.5, 0.6) is 11.5 Å². The van der Waals surface area contributed by atoms with Crippen LogP contribution < -0.4 is 14.2 Å². The molecule has 0 bridgehead atoms. The number of hydrogen-bond acceptors (Lipinski definition) is 4. The van der Waals surface area contributed by atoms with Crippen molar-refractivity contribution in [3.63, 3.8) is 0 Å². The Kier molecular flexibility index (Phi) is 4.51. The van der Waals surface area contributed by atoms with E-state index >= 15 is 0 Å². The Morgan fingerprint density at radius 2 is 1.76 bits per heavy atom. The molecule has 0 amide bonds. The summed E-state index contributed by atoms with van der Waals surface area (Å²) in [6.45, 7) is 8.39. The molecule has 5 nitrogen and oxygen atoms in total. The van der Waals surface area contributed by atoms with Crippen molar-refractivity contribution in [1.82, 2.24) is 4.72 Å². The third-order valence-corrected chi connectivity index (χ3v) is 5.79. The summed E-state index contributed by atoms with van der Waals surface area (Å²) in [4.78, 5) is 0.320. The van der Waals surface area contributed by atoms with E-state index in [0.29, 0.717) is 16.4 Å². The maximum atomic E-state index is 12.8. The van der Waals surface area contributed by atoms with E-state index in [1.165, 1.54) is 0 Å². The number of ether oxygens (including phenoxy) is 2. The molecule has 25 heavy (non-hydrogen) atoms. The van der Waals surface area contributed by atoms with Crippen LogP contribution in [0.4, 0.5) is 0 Å². The number of hydrogen-bond donors (Lipinski definition) is 1. The highest BCUT2D eigenvalue weighted by atomic mass is 32.2. The maximum Gasteiger partial charge on any atom is 0.241 e. The van der Waals surface area contributed by atoms with Crippen LogP contribution in [0.1, 0.15) is 37.5 Å². The van der Waals surface area contributed by atoms with Gasteiger partial charge in [-0.3, -0.25) is 0 Å². The fraction of sp³-hybridized carbons (Fsp3) is 0.368. The predicted octanol–water partition coefficient (Wildman–Crippen LogP) is 3.50. The van der Waals surface area contributed by atoms with Crippen LogP contribution >= 0.6 is 0 Å². The normalized spacial score (nSPS) is 13.9. The number of fused-ring (bicyclic) bond motifs is 1. The Morgan fingerprint density at radius 3 is 2.48 bits per heavy atom. The van der Waals surface area contributed by atoms with Crippen molar-refractivity contribution in [2.45, 2.75) is 44.6 Å². The van der Waals surface area contributed by atoms with Crippen LogP contribution in [0.25, 0.3) is 0 Å². The van der Waals surface area contributed by atoms with Crippen molar-refractivity contribution in [2.24, 2.45) is 0 Å². The molecule has 0 spiro atoms. The Balaban J connectivity index is 1.82. The third kappa shape index (κ3) is 3.80. The Hall–Kier alpha value is -2.05. The molecule has 6 heteroatoms. The van der Waals surface area contributed by atoms with Crippen molar-refractivity contribution in [1.29, 1.82) is 0 Å². The van der Waals surface area contributed by atoms with Gasteiger partial charge in [0.1, 0.15) is 0 Å². The Morgan fingerprint density at radius 1 is 1.04 bits per heavy atom. The number of aryl methyl sites for hydroxylation is 1. The number of nitrogens with one attached hydrogen (secondary N) is 1. The van der Waals surface area contributed by atoms with Crippen LogP contribution in [0.2, 0.25) is 0 Å². The molecule has 2 aromatic carbocycles. The highest BCUT2D eigenvalue weighted by Crippen LogP contribution is 2.32. The molecule has 0 aliphatic carbocycles. The van der Waals surface area contributed by atoms with E-state index in [2.05, 4.69) is 25.5 Å². The number of benzene rings is 2. The first-order chi connectivity index (χ1) is 11.7. The van der Waals surface area contributed by atoms with Gasteiger partial charge in [0.15, 0.2) is 11.5 Å². The largest absolute Gasteiger partial charge is 0.454 e. The van der Waals surface area contributed by atoms with Crippen molar-refractivity contribution in [3.05, 3.63) is 53.1 Å². The smallest absolute Gasteiger partial charge is 0.241 e. The van der Waals surface area contributed by atoms with Gasteiger partial charge in [-0.15, -0.1) is 0 Å². The molecule has 0 fully saturated rings. The van der Waals surface area contributed by atoms with Crippen molar-refractivity contribution in [2.75, 3.05) is 6.79 Å². The average Bonchev–Trinajstić information content (AvgIpc) is 2.99. The quantitative estimate of drug-likeness (QED) is 0.905. The van der Waals surface area contributed by atoms with Gasteiger partial charge in [0.05, 0.1) is 4.90 Å². The fourth-order valence-electron chi connectivity index (χ4n) is 2.66. The molecule has 3 rings (SSSR count). The van der Waals surface area contributed by atoms with Gasteiger partial charge >= 0.3 is 0 Å². The summed E-state index contributed by atoms with van der Waals surface area (Å²) in [5.41, 5.74) is 2.42. The molecular weight excluding hydrogens is 338 g/mol. The molecule has 1 N–H and O–H groups in total. The van der Waals surface area contributed by atoms with Crippen molar-refractivity contribution >= 4 is 10.0 Å². The highest BCUT2D eigenvalue weighted by molar-refractivity contribution is 7.89. The first-order valence-electron chi connectivity index (χ1n) is 8.16. The van der Waals surface area contributed by atoms with Gasteiger partial charge in [0.25, 0.3) is 0 Å². The first kappa shape index (κ1) is 17.8. The minimum atomic E-state index is -3.61. The van der Waals surface area contributed by atoms with Crippen LogP contribution in [0.15, 0.2) is 41.3 Å². The highest BCUT2D eigenvalue weighted by Gasteiger charge is 2.21. The lowest BCUT2D eigenvalue weighted by Gasteiger charge is -2.21. The zero-order valence-electron chi connectivity index (χ0n) is 14.9. The molecular formula is C19H23NO4S. The van der Waals surface area contributed by atoms with Gasteiger partial charge in [-0.1, -0.05) is 39.0 Å². The molecule has 1 heterocycles. The molecule has 0 radical (unpaired) electrons. The van der Waals surface area contributed by atoms with Crippen molar-refractivity contribution < 1.29 is 17.9 Å². The lowest BCUT2D eigenvalue weighted by Crippen LogP contribution is -2.24. The predicted molar refractivity (Wildman–Crippen MR) is 96.5 cm³/mol. The second kappa shape index (κ2) is 6.35. The molecule has 0 saturated heterocycles. The molecule has 0 atom stereocenters. The lowest BCUT2D eigenvalue weighted by molar-refractivity contribution is 0.174. The van der Waals surface area contributed by atoms with E-state index in [9.17, 15) is 8.42 Å². The number of rotatable bonds is 4. The molecule has 1 aliphatic heterocycles. The standard InChI is InChI=1S/C19H23NO4S/c1-13-5-7-15(19(2,3)4)10-18(13)25(21,22)20-11-14-6-8-16-17(9-14)24-12-23-16/h5-10,20H,11-12H2,1-4H3. The average molecular weight is 361 g/mol. The summed E-state index contributed by atoms with van der Waals surface area (Å²) in [7, 11) is -3.61. The van der Waals surface area contributed by atoms with Gasteiger partial charge in [-0.2, -0.15) is 0 Å². The van der Waals surface area contributed by atoms with E-state index in [1.807, 2.05) is 25.1 Å². The van der Waals surface area contributed by atoms with Gasteiger partial charge in [-0.05, 0) is 47.2 Å². The van der Waals surface area contributed by atoms with Gasteiger partial charge in [-0.25, -0.2) is 13.1 Å². The summed E-state index contributed by atoms with van der Waals surface area (Å²) in [6.07, 6.45) is 0. The van der Waals surface area contributed by atoms with E-state index in [-0.39, 0.29) is 18.8 Å². The zero-order chi connectivity index (χ0) is 18.2. The molecule has 0 saturated carbocycles. The summed E-state index contributed by atoms with van der Waals surface area (Å²) in [5, 5.41) is 0. The second-order valence-electron chi connectivity index (χ2n) is 7.24. The Labute approximate surface area is 149 Å². The summed E-state index contributed by atoms with van der Waals surface area (Å²) in [5.74, 6) is 1.32. The monoisotopic (exact) mass is 361 g/mol. The molecule has 134 valence electrons. The van der Waals surface area contributed by atoms with Crippen LogP contribution in [-0.4, -0.2) is 15.2 Å². The molecule has 0 aromatic heterocycles. The minimum Gasteiger partial charge on any atom is -0.454 e.